The highest BCUT2D eigenvalue weighted by molar-refractivity contribution is 7.99. The molecule has 0 aliphatic carbocycles. The summed E-state index contributed by atoms with van der Waals surface area (Å²) in [5.41, 5.74) is 12.1. The minimum atomic E-state index is 0.497. The highest BCUT2D eigenvalue weighted by atomic mass is 32.2. The minimum absolute atomic E-state index is 0.497. The van der Waals surface area contributed by atoms with Gasteiger partial charge in [-0.05, 0) is 40.8 Å². The lowest BCUT2D eigenvalue weighted by atomic mass is 9.96. The van der Waals surface area contributed by atoms with Crippen molar-refractivity contribution in [1.29, 1.82) is 0 Å². The van der Waals surface area contributed by atoms with E-state index < -0.39 is 0 Å². The van der Waals surface area contributed by atoms with Crippen LogP contribution in [-0.4, -0.2) is 6.54 Å². The van der Waals surface area contributed by atoms with E-state index in [2.05, 4.69) is 64.6 Å². The molecule has 0 saturated heterocycles. The van der Waals surface area contributed by atoms with Crippen LogP contribution in [0.25, 0.3) is 16.0 Å². The Hall–Kier alpha value is -2.16. The lowest BCUT2D eigenvalue weighted by Gasteiger charge is -2.21. The Balaban J connectivity index is 2.05. The third kappa shape index (κ3) is 2.44. The number of benzene rings is 2. The maximum Gasteiger partial charge on any atom is 0.0292 e. The summed E-state index contributed by atoms with van der Waals surface area (Å²) in [5.74, 6) is 0. The van der Waals surface area contributed by atoms with Crippen LogP contribution >= 0.6 is 11.8 Å². The van der Waals surface area contributed by atoms with Crippen LogP contribution in [0.1, 0.15) is 17.5 Å². The second kappa shape index (κ2) is 5.87. The summed E-state index contributed by atoms with van der Waals surface area (Å²) >= 11 is 1.81. The fourth-order valence-electron chi connectivity index (χ4n) is 2.35. The van der Waals surface area contributed by atoms with Crippen molar-refractivity contribution < 1.29 is 0 Å². The van der Waals surface area contributed by atoms with Crippen LogP contribution in [0.15, 0.2) is 69.5 Å². The summed E-state index contributed by atoms with van der Waals surface area (Å²) in [7, 11) is 0. The van der Waals surface area contributed by atoms with Crippen LogP contribution in [0.2, 0.25) is 0 Å². The van der Waals surface area contributed by atoms with E-state index in [0.29, 0.717) is 6.54 Å². The molecule has 3 rings (SSSR count). The van der Waals surface area contributed by atoms with Crippen LogP contribution in [0.4, 0.5) is 0 Å². The second-order valence-corrected chi connectivity index (χ2v) is 5.54. The molecule has 1 aliphatic heterocycles. The molecule has 1 aliphatic rings. The molecule has 0 unspecified atom stereocenters. The van der Waals surface area contributed by atoms with E-state index in [1.165, 1.54) is 26.5 Å². The number of azide groups is 1. The predicted octanol–water partition coefficient (Wildman–Crippen LogP) is 5.28. The molecule has 0 atom stereocenters. The zero-order chi connectivity index (χ0) is 13.8. The number of rotatable bonds is 3. The van der Waals surface area contributed by atoms with E-state index in [1.807, 2.05) is 11.8 Å². The predicted molar refractivity (Wildman–Crippen MR) is 82.7 cm³/mol. The molecule has 98 valence electrons. The van der Waals surface area contributed by atoms with Gasteiger partial charge >= 0.3 is 0 Å². The first-order valence-corrected chi connectivity index (χ1v) is 7.29. The summed E-state index contributed by atoms with van der Waals surface area (Å²) < 4.78 is 0. The van der Waals surface area contributed by atoms with Crippen molar-refractivity contribution in [1.82, 2.24) is 0 Å². The van der Waals surface area contributed by atoms with Crippen LogP contribution < -0.4 is 0 Å². The number of hydrogen-bond donors (Lipinski definition) is 0. The quantitative estimate of drug-likeness (QED) is 0.278. The Morgan fingerprint density at radius 2 is 1.60 bits per heavy atom. The lowest BCUT2D eigenvalue weighted by Crippen LogP contribution is -1.98. The molecule has 0 N–H and O–H groups in total. The van der Waals surface area contributed by atoms with Crippen LogP contribution in [0.3, 0.4) is 0 Å². The van der Waals surface area contributed by atoms with Crippen molar-refractivity contribution >= 4 is 17.3 Å². The number of fused-ring (bicyclic) bond motifs is 2. The molecular weight excluding hydrogens is 266 g/mol. The molecule has 4 heteroatoms. The van der Waals surface area contributed by atoms with Gasteiger partial charge in [0, 0.05) is 21.2 Å². The van der Waals surface area contributed by atoms with Gasteiger partial charge in [-0.15, -0.1) is 0 Å². The van der Waals surface area contributed by atoms with Crippen molar-refractivity contribution in [2.45, 2.75) is 16.2 Å². The van der Waals surface area contributed by atoms with Gasteiger partial charge in [0.1, 0.15) is 0 Å². The van der Waals surface area contributed by atoms with E-state index in [0.717, 1.165) is 6.42 Å². The highest BCUT2D eigenvalue weighted by Crippen LogP contribution is 2.45. The molecule has 1 heterocycles. The Bertz CT molecular complexity index is 668. The van der Waals surface area contributed by atoms with E-state index in [1.54, 1.807) is 0 Å². The lowest BCUT2D eigenvalue weighted by molar-refractivity contribution is 0.992. The largest absolute Gasteiger partial charge is 0.0937 e. The Labute approximate surface area is 122 Å². The van der Waals surface area contributed by atoms with E-state index >= 15 is 0 Å². The van der Waals surface area contributed by atoms with Gasteiger partial charge in [0.2, 0.25) is 0 Å². The fourth-order valence-corrected chi connectivity index (χ4v) is 3.46. The molecule has 0 radical (unpaired) electrons. The van der Waals surface area contributed by atoms with E-state index in [9.17, 15) is 0 Å². The minimum Gasteiger partial charge on any atom is -0.0937 e. The third-order valence-corrected chi connectivity index (χ3v) is 4.37. The molecular formula is C16H13N3S. The van der Waals surface area contributed by atoms with E-state index in [4.69, 9.17) is 5.53 Å². The molecule has 0 bridgehead atoms. The van der Waals surface area contributed by atoms with Gasteiger partial charge < -0.3 is 0 Å². The Morgan fingerprint density at radius 1 is 1.00 bits per heavy atom. The molecule has 20 heavy (non-hydrogen) atoms. The molecule has 0 spiro atoms. The average Bonchev–Trinajstić information content (AvgIpc) is 2.50. The van der Waals surface area contributed by atoms with Gasteiger partial charge in [-0.1, -0.05) is 59.4 Å². The topological polar surface area (TPSA) is 48.8 Å². The molecule has 2 aromatic rings. The summed E-state index contributed by atoms with van der Waals surface area (Å²) in [4.78, 5) is 5.36. The fraction of sp³-hybridized carbons (Fsp3) is 0.125. The standard InChI is InChI=1S/C16H13N3S/c17-19-18-11-5-8-12-13-6-1-3-9-15(13)20-16-10-4-2-7-14(12)16/h1-4,6-10H,5,11H2. The summed E-state index contributed by atoms with van der Waals surface area (Å²) in [6.45, 7) is 0.497. The van der Waals surface area contributed by atoms with Gasteiger partial charge in [-0.2, -0.15) is 0 Å². The SMILES string of the molecule is [N-]=[N+]=NCCC=C1c2ccccc2Sc2ccccc21. The zero-order valence-electron chi connectivity index (χ0n) is 10.9. The maximum atomic E-state index is 8.35. The van der Waals surface area contributed by atoms with Crippen molar-refractivity contribution in [3.05, 3.63) is 76.2 Å². The average molecular weight is 279 g/mol. The van der Waals surface area contributed by atoms with Gasteiger partial charge in [-0.25, -0.2) is 0 Å². The van der Waals surface area contributed by atoms with Crippen molar-refractivity contribution in [3.63, 3.8) is 0 Å². The van der Waals surface area contributed by atoms with Crippen molar-refractivity contribution in [2.75, 3.05) is 6.54 Å². The molecule has 3 nitrogen and oxygen atoms in total. The van der Waals surface area contributed by atoms with Crippen LogP contribution in [0.5, 0.6) is 0 Å². The number of hydrogen-bond acceptors (Lipinski definition) is 2. The van der Waals surface area contributed by atoms with Gasteiger partial charge in [-0.3, -0.25) is 0 Å². The molecule has 0 fully saturated rings. The Kier molecular flexibility index (Phi) is 3.77. The van der Waals surface area contributed by atoms with E-state index in [-0.39, 0.29) is 0 Å². The molecule has 0 amide bonds. The molecule has 0 aromatic heterocycles. The molecule has 2 aromatic carbocycles. The summed E-state index contributed by atoms with van der Waals surface area (Å²) in [5, 5.41) is 3.60. The summed E-state index contributed by atoms with van der Waals surface area (Å²) in [6, 6.07) is 16.9. The zero-order valence-corrected chi connectivity index (χ0v) is 11.7. The maximum absolute atomic E-state index is 8.35. The third-order valence-electron chi connectivity index (χ3n) is 3.22. The molecule has 0 saturated carbocycles. The normalized spacial score (nSPS) is 12.1. The number of nitrogens with zero attached hydrogens (tertiary/aromatic N) is 3. The first kappa shape index (κ1) is 12.9. The Morgan fingerprint density at radius 3 is 2.20 bits per heavy atom. The van der Waals surface area contributed by atoms with Crippen molar-refractivity contribution in [2.24, 2.45) is 5.11 Å². The van der Waals surface area contributed by atoms with Gasteiger partial charge in [0.15, 0.2) is 0 Å². The van der Waals surface area contributed by atoms with Gasteiger partial charge in [0.05, 0.1) is 0 Å². The van der Waals surface area contributed by atoms with Gasteiger partial charge in [0.25, 0.3) is 0 Å². The van der Waals surface area contributed by atoms with Crippen LogP contribution in [0, 0.1) is 0 Å². The van der Waals surface area contributed by atoms with Crippen LogP contribution in [-0.2, 0) is 0 Å². The summed E-state index contributed by atoms with van der Waals surface area (Å²) in [6.07, 6.45) is 2.93. The first-order chi connectivity index (χ1) is 9.90. The monoisotopic (exact) mass is 279 g/mol. The first-order valence-electron chi connectivity index (χ1n) is 6.48. The smallest absolute Gasteiger partial charge is 0.0292 e. The second-order valence-electron chi connectivity index (χ2n) is 4.46. The highest BCUT2D eigenvalue weighted by Gasteiger charge is 2.19. The van der Waals surface area contributed by atoms with Crippen molar-refractivity contribution in [3.8, 4) is 0 Å².